The van der Waals surface area contributed by atoms with Crippen LogP contribution in [-0.2, 0) is 23.7 Å². The fourth-order valence-corrected chi connectivity index (χ4v) is 12.4. The summed E-state index contributed by atoms with van der Waals surface area (Å²) in [5.41, 5.74) is 0. The van der Waals surface area contributed by atoms with E-state index in [2.05, 4.69) is 116 Å². The lowest BCUT2D eigenvalue weighted by Crippen LogP contribution is -2.65. The van der Waals surface area contributed by atoms with Gasteiger partial charge in [0.25, 0.3) is 0 Å². The molecule has 0 spiro atoms. The van der Waals surface area contributed by atoms with Gasteiger partial charge in [-0.2, -0.15) is 0 Å². The summed E-state index contributed by atoms with van der Waals surface area (Å²) in [5.74, 6) is -0.231. The molecule has 0 bridgehead atoms. The molecule has 1 amide bonds. The molecule has 0 aromatic rings. The lowest BCUT2D eigenvalue weighted by Gasteiger charge is -2.46. The second-order valence-electron chi connectivity index (χ2n) is 27.1. The summed E-state index contributed by atoms with van der Waals surface area (Å²) < 4.78 is 22.9. The second-order valence-corrected chi connectivity index (χ2v) is 27.1. The second kappa shape index (κ2) is 64.3. The maximum absolute atomic E-state index is 13.4. The van der Waals surface area contributed by atoms with Crippen LogP contribution in [0, 0.1) is 0 Å². The number of hydrogen-bond donors (Lipinski definition) is 9. The van der Waals surface area contributed by atoms with Gasteiger partial charge in [0.1, 0.15) is 48.8 Å². The van der Waals surface area contributed by atoms with E-state index in [4.69, 9.17) is 18.9 Å². The van der Waals surface area contributed by atoms with Crippen LogP contribution in [0.2, 0.25) is 0 Å². The van der Waals surface area contributed by atoms with Gasteiger partial charge in [-0.1, -0.05) is 329 Å². The molecule has 2 fully saturated rings. The Balaban J connectivity index is 1.65. The molecule has 0 aromatic carbocycles. The molecular weight excluding hydrogens is 1190 g/mol. The molecule has 0 saturated carbocycles. The van der Waals surface area contributed by atoms with Gasteiger partial charge in [0.15, 0.2) is 12.6 Å². The first-order valence-electron chi connectivity index (χ1n) is 39.0. The summed E-state index contributed by atoms with van der Waals surface area (Å²) in [6.45, 7) is 2.76. The Morgan fingerprint density at radius 1 is 0.389 bits per heavy atom. The zero-order valence-electron chi connectivity index (χ0n) is 60.1. The molecule has 2 aliphatic heterocycles. The number of aliphatic hydroxyl groups excluding tert-OH is 8. The highest BCUT2D eigenvalue weighted by atomic mass is 16.7. The smallest absolute Gasteiger partial charge is 0.220 e. The largest absolute Gasteiger partial charge is 0.394 e. The molecule has 2 heterocycles. The van der Waals surface area contributed by atoms with Crippen molar-refractivity contribution in [2.24, 2.45) is 0 Å². The number of aliphatic hydroxyl groups is 8. The summed E-state index contributed by atoms with van der Waals surface area (Å²) in [7, 11) is 0. The van der Waals surface area contributed by atoms with E-state index in [-0.39, 0.29) is 18.9 Å². The van der Waals surface area contributed by atoms with Crippen LogP contribution in [0.5, 0.6) is 0 Å². The van der Waals surface area contributed by atoms with Crippen LogP contribution in [-0.4, -0.2) is 140 Å². The van der Waals surface area contributed by atoms with Crippen molar-refractivity contribution in [2.45, 2.75) is 389 Å². The van der Waals surface area contributed by atoms with Gasteiger partial charge in [-0.05, 0) is 77.0 Å². The molecule has 95 heavy (non-hydrogen) atoms. The van der Waals surface area contributed by atoms with Crippen molar-refractivity contribution in [3.63, 3.8) is 0 Å². The average Bonchev–Trinajstić information content (AvgIpc) is 0.801. The Morgan fingerprint density at radius 3 is 1.12 bits per heavy atom. The van der Waals surface area contributed by atoms with Gasteiger partial charge in [0.05, 0.1) is 32.0 Å². The summed E-state index contributed by atoms with van der Waals surface area (Å²) in [6.07, 6.45) is 74.4. The molecule has 0 aromatic heterocycles. The number of unbranched alkanes of at least 4 members (excludes halogenated alkanes) is 35. The number of rotatable bonds is 64. The Labute approximate surface area is 579 Å². The number of amides is 1. The Bertz CT molecular complexity index is 1970. The molecule has 14 nitrogen and oxygen atoms in total. The molecule has 14 heteroatoms. The molecule has 0 aliphatic carbocycles. The molecule has 12 unspecified atom stereocenters. The van der Waals surface area contributed by atoms with Gasteiger partial charge in [-0.3, -0.25) is 4.79 Å². The van der Waals surface area contributed by atoms with E-state index in [1.807, 2.05) is 0 Å². The number of carbonyl (C=O) groups excluding carboxylic acids is 1. The first-order chi connectivity index (χ1) is 46.6. The Hall–Kier alpha value is -3.09. The third-order valence-corrected chi connectivity index (χ3v) is 18.6. The van der Waals surface area contributed by atoms with Crippen molar-refractivity contribution in [1.29, 1.82) is 0 Å². The zero-order valence-corrected chi connectivity index (χ0v) is 60.1. The van der Waals surface area contributed by atoms with Crippen LogP contribution in [0.15, 0.2) is 97.2 Å². The van der Waals surface area contributed by atoms with Gasteiger partial charge >= 0.3 is 0 Å². The quantitative estimate of drug-likeness (QED) is 0.0204. The van der Waals surface area contributed by atoms with E-state index < -0.39 is 86.8 Å². The zero-order chi connectivity index (χ0) is 68.7. The summed E-state index contributed by atoms with van der Waals surface area (Å²) in [5, 5.41) is 87.8. The minimum absolute atomic E-state index is 0.231. The fourth-order valence-electron chi connectivity index (χ4n) is 12.4. The molecule has 550 valence electrons. The van der Waals surface area contributed by atoms with E-state index >= 15 is 0 Å². The van der Waals surface area contributed by atoms with Crippen molar-refractivity contribution in [1.82, 2.24) is 5.32 Å². The van der Waals surface area contributed by atoms with Gasteiger partial charge in [-0.25, -0.2) is 0 Å². The van der Waals surface area contributed by atoms with Gasteiger partial charge in [-0.15, -0.1) is 0 Å². The lowest BCUT2D eigenvalue weighted by atomic mass is 9.97. The highest BCUT2D eigenvalue weighted by Gasteiger charge is 2.51. The lowest BCUT2D eigenvalue weighted by molar-refractivity contribution is -0.359. The van der Waals surface area contributed by atoms with Crippen molar-refractivity contribution in [2.75, 3.05) is 19.8 Å². The monoisotopic (exact) mass is 1340 g/mol. The highest BCUT2D eigenvalue weighted by molar-refractivity contribution is 5.76. The van der Waals surface area contributed by atoms with Crippen molar-refractivity contribution in [3.8, 4) is 0 Å². The van der Waals surface area contributed by atoms with Crippen LogP contribution >= 0.6 is 0 Å². The fraction of sp³-hybridized carbons (Fsp3) is 0.790. The maximum Gasteiger partial charge on any atom is 0.220 e. The third kappa shape index (κ3) is 47.6. The molecule has 9 N–H and O–H groups in total. The molecule has 2 rings (SSSR count). The number of ether oxygens (including phenoxy) is 4. The predicted molar refractivity (Wildman–Crippen MR) is 392 cm³/mol. The van der Waals surface area contributed by atoms with Crippen LogP contribution in [0.1, 0.15) is 316 Å². The molecule has 12 atom stereocenters. The van der Waals surface area contributed by atoms with Crippen LogP contribution in [0.3, 0.4) is 0 Å². The Morgan fingerprint density at radius 2 is 0.726 bits per heavy atom. The number of carbonyl (C=O) groups is 1. The number of allylic oxidation sites excluding steroid dienone is 16. The summed E-state index contributed by atoms with van der Waals surface area (Å²) in [4.78, 5) is 13.4. The standard InChI is InChI=1S/C81H143NO13/c1-3-5-7-9-11-13-15-17-19-21-23-25-27-29-31-33-34-35-37-38-40-42-44-46-48-50-52-54-56-58-60-62-64-70(85)69(68-92-80-78(91)76(89)79(72(67-84)94-80)95-81-77(90)75(88)74(87)71(66-83)93-81)82-73(86)65-63-61-59-57-55-53-51-49-47-45-43-41-39-36-32-30-28-26-24-22-20-18-16-14-12-10-8-6-4-2/h6,8,12,14,18,20,24,26,30,32,39,41,45,47,51,53,69-72,74-81,83-85,87-91H,3-5,7,9-11,13,15-17,19,21-23,25,27-29,31,33-38,40,42-44,46,48-50,52,54-68H2,1-2H3,(H,82,86)/b8-6-,14-12-,20-18-,26-24-,32-30-,41-39-,47-45-,53-51-. The van der Waals surface area contributed by atoms with Crippen molar-refractivity contribution in [3.05, 3.63) is 97.2 Å². The van der Waals surface area contributed by atoms with Crippen molar-refractivity contribution >= 4 is 5.91 Å². The molecule has 0 radical (unpaired) electrons. The van der Waals surface area contributed by atoms with Crippen molar-refractivity contribution < 1.29 is 64.6 Å². The first kappa shape index (κ1) is 88.0. The molecule has 2 aliphatic rings. The topological polar surface area (TPSA) is 228 Å². The first-order valence-corrected chi connectivity index (χ1v) is 39.0. The summed E-state index contributed by atoms with van der Waals surface area (Å²) >= 11 is 0. The predicted octanol–water partition coefficient (Wildman–Crippen LogP) is 17.3. The highest BCUT2D eigenvalue weighted by Crippen LogP contribution is 2.30. The van der Waals surface area contributed by atoms with Gasteiger partial charge in [0.2, 0.25) is 5.91 Å². The number of nitrogens with one attached hydrogen (secondary N) is 1. The number of hydrogen-bond acceptors (Lipinski definition) is 13. The minimum Gasteiger partial charge on any atom is -0.394 e. The minimum atomic E-state index is -1.79. The van der Waals surface area contributed by atoms with E-state index in [0.717, 1.165) is 103 Å². The van der Waals surface area contributed by atoms with Gasteiger partial charge in [0, 0.05) is 6.42 Å². The molecular formula is C81H143NO13. The SMILES string of the molecule is CC/C=C\C/C=C\C/C=C\C/C=C\C/C=C\C/C=C\C/C=C\C/C=C\CCCCCCC(=O)NC(COC1OC(CO)C(OC2OC(CO)C(O)C(O)C2O)C(O)C1O)C(O)CCCCCCCCCCCCCCCCCCCCCCCCCCCCCCCCCC. The van der Waals surface area contributed by atoms with E-state index in [1.165, 1.54) is 180 Å². The van der Waals surface area contributed by atoms with Crippen LogP contribution < -0.4 is 5.32 Å². The normalized spacial score (nSPS) is 22.9. The van der Waals surface area contributed by atoms with Crippen LogP contribution in [0.25, 0.3) is 0 Å². The van der Waals surface area contributed by atoms with E-state index in [1.54, 1.807) is 0 Å². The van der Waals surface area contributed by atoms with E-state index in [0.29, 0.717) is 12.8 Å². The Kier molecular flexibility index (Phi) is 59.6. The summed E-state index contributed by atoms with van der Waals surface area (Å²) in [6, 6.07) is -0.852. The molecule has 2 saturated heterocycles. The van der Waals surface area contributed by atoms with Crippen LogP contribution in [0.4, 0.5) is 0 Å². The maximum atomic E-state index is 13.4. The van der Waals surface area contributed by atoms with E-state index in [9.17, 15) is 45.6 Å². The third-order valence-electron chi connectivity index (χ3n) is 18.6. The van der Waals surface area contributed by atoms with Gasteiger partial charge < -0.3 is 65.1 Å². The average molecular weight is 1340 g/mol.